The molecule has 0 spiro atoms. The van der Waals surface area contributed by atoms with Crippen molar-refractivity contribution in [2.24, 2.45) is 0 Å². The number of carbonyl (C=O) groups is 2. The van der Waals surface area contributed by atoms with Gasteiger partial charge in [0.05, 0.1) is 13.7 Å². The molecular formula is C25H29NO6. The van der Waals surface area contributed by atoms with E-state index in [1.807, 2.05) is 18.2 Å². The number of hydrogen-bond acceptors (Lipinski definition) is 6. The van der Waals surface area contributed by atoms with Gasteiger partial charge in [0.15, 0.2) is 11.5 Å². The van der Waals surface area contributed by atoms with Crippen LogP contribution >= 0.6 is 0 Å². The van der Waals surface area contributed by atoms with E-state index in [0.29, 0.717) is 17.6 Å². The summed E-state index contributed by atoms with van der Waals surface area (Å²) in [6.45, 7) is 3.95. The summed E-state index contributed by atoms with van der Waals surface area (Å²) in [5.74, 6) is -0.468. The second-order valence-electron chi connectivity index (χ2n) is 8.38. The number of piperidine rings is 1. The van der Waals surface area contributed by atoms with Crippen molar-refractivity contribution in [2.75, 3.05) is 33.4 Å². The number of carbonyl (C=O) groups excluding carboxylic acids is 1. The Hall–Kier alpha value is -3.06. The Morgan fingerprint density at radius 2 is 1.88 bits per heavy atom. The number of carboxylic acids is 1. The van der Waals surface area contributed by atoms with Gasteiger partial charge in [-0.05, 0) is 86.5 Å². The summed E-state index contributed by atoms with van der Waals surface area (Å²) in [4.78, 5) is 24.6. The number of esters is 1. The summed E-state index contributed by atoms with van der Waals surface area (Å²) in [7, 11) is 1.48. The number of nitrogens with zero attached hydrogens (tertiary/aromatic N) is 1. The zero-order valence-electron chi connectivity index (χ0n) is 18.3. The number of ether oxygens (including phenoxy) is 3. The normalized spacial score (nSPS) is 19.0. The Kier molecular flexibility index (Phi) is 6.95. The molecule has 4 rings (SSSR count). The Bertz CT molecular complexity index is 967. The van der Waals surface area contributed by atoms with E-state index in [1.54, 1.807) is 6.07 Å². The third kappa shape index (κ3) is 5.05. The number of benzene rings is 2. The van der Waals surface area contributed by atoms with Crippen molar-refractivity contribution >= 4 is 11.9 Å². The maximum atomic E-state index is 11.4. The third-order valence-corrected chi connectivity index (χ3v) is 6.50. The summed E-state index contributed by atoms with van der Waals surface area (Å²) in [5, 5.41) is 8.74. The van der Waals surface area contributed by atoms with Gasteiger partial charge < -0.3 is 24.2 Å². The smallest absolute Gasteiger partial charge is 0.422 e. The molecule has 1 N–H and O–H groups in total. The van der Waals surface area contributed by atoms with Gasteiger partial charge in [0, 0.05) is 0 Å². The molecule has 7 nitrogen and oxygen atoms in total. The highest BCUT2D eigenvalue weighted by Gasteiger charge is 2.25. The zero-order chi connectivity index (χ0) is 22.5. The first kappa shape index (κ1) is 22.1. The van der Waals surface area contributed by atoms with Crippen molar-refractivity contribution < 1.29 is 28.9 Å². The van der Waals surface area contributed by atoms with Gasteiger partial charge in [0.1, 0.15) is 5.75 Å². The molecule has 7 heteroatoms. The Morgan fingerprint density at radius 1 is 1.09 bits per heavy atom. The Balaban J connectivity index is 1.31. The summed E-state index contributed by atoms with van der Waals surface area (Å²) in [6.07, 6.45) is 4.30. The highest BCUT2D eigenvalue weighted by atomic mass is 16.6. The zero-order valence-corrected chi connectivity index (χ0v) is 18.3. The molecule has 32 heavy (non-hydrogen) atoms. The van der Waals surface area contributed by atoms with E-state index in [4.69, 9.17) is 19.3 Å². The molecule has 2 heterocycles. The summed E-state index contributed by atoms with van der Waals surface area (Å²) >= 11 is 0. The van der Waals surface area contributed by atoms with Crippen LogP contribution in [0.25, 0.3) is 0 Å². The van der Waals surface area contributed by atoms with Crippen LogP contribution in [0.4, 0.5) is 0 Å². The second-order valence-corrected chi connectivity index (χ2v) is 8.38. The molecule has 1 atom stereocenters. The monoisotopic (exact) mass is 439 g/mol. The van der Waals surface area contributed by atoms with E-state index in [1.165, 1.54) is 12.7 Å². The lowest BCUT2D eigenvalue weighted by atomic mass is 9.87. The second kappa shape index (κ2) is 10.0. The molecule has 0 radical (unpaired) electrons. The minimum atomic E-state index is -1.63. The predicted octanol–water partition coefficient (Wildman–Crippen LogP) is 3.82. The quantitative estimate of drug-likeness (QED) is 0.416. The van der Waals surface area contributed by atoms with Gasteiger partial charge in [0.2, 0.25) is 0 Å². The fraction of sp³-hybridized carbons (Fsp3) is 0.440. The van der Waals surface area contributed by atoms with E-state index in [0.717, 1.165) is 63.2 Å². The fourth-order valence-corrected chi connectivity index (χ4v) is 4.71. The average molecular weight is 440 g/mol. The highest BCUT2D eigenvalue weighted by molar-refractivity contribution is 6.29. The fourth-order valence-electron chi connectivity index (χ4n) is 4.71. The lowest BCUT2D eigenvalue weighted by Gasteiger charge is -2.34. The van der Waals surface area contributed by atoms with Gasteiger partial charge in [-0.15, -0.1) is 0 Å². The van der Waals surface area contributed by atoms with Crippen molar-refractivity contribution in [2.45, 2.75) is 37.5 Å². The van der Waals surface area contributed by atoms with Crippen molar-refractivity contribution in [3.05, 3.63) is 53.6 Å². The van der Waals surface area contributed by atoms with Crippen LogP contribution in [0.1, 0.15) is 48.6 Å². The summed E-state index contributed by atoms with van der Waals surface area (Å²) < 4.78 is 16.0. The van der Waals surface area contributed by atoms with Gasteiger partial charge in [-0.2, -0.15) is 0 Å². The molecule has 0 aromatic heterocycles. The standard InChI is InChI=1S/C25H29NO6/c1-30-23-16-19(6-7-22(23)32-25(29)24(27)28)17-8-12-26(13-9-17)14-10-18-11-15-31-21-5-3-2-4-20(18)21/h2-7,16-18H,8-15H2,1H3,(H,27,28). The molecule has 1 fully saturated rings. The van der Waals surface area contributed by atoms with Crippen LogP contribution in [-0.4, -0.2) is 55.3 Å². The first-order chi connectivity index (χ1) is 15.5. The van der Waals surface area contributed by atoms with Crippen LogP contribution in [0.3, 0.4) is 0 Å². The molecular weight excluding hydrogens is 410 g/mol. The molecule has 0 saturated carbocycles. The molecule has 1 saturated heterocycles. The van der Waals surface area contributed by atoms with Gasteiger partial charge in [-0.25, -0.2) is 9.59 Å². The molecule has 0 bridgehead atoms. The number of carboxylic acid groups (broad SMARTS) is 1. The maximum absolute atomic E-state index is 11.4. The molecule has 1 unspecified atom stereocenters. The number of fused-ring (bicyclic) bond motifs is 1. The van der Waals surface area contributed by atoms with Gasteiger partial charge >= 0.3 is 11.9 Å². The number of rotatable bonds is 6. The number of aliphatic carboxylic acids is 1. The van der Waals surface area contributed by atoms with Crippen LogP contribution in [0, 0.1) is 0 Å². The van der Waals surface area contributed by atoms with Crippen LogP contribution in [0.5, 0.6) is 17.2 Å². The molecule has 2 aromatic carbocycles. The highest BCUT2D eigenvalue weighted by Crippen LogP contribution is 2.37. The Labute approximate surface area is 187 Å². The van der Waals surface area contributed by atoms with E-state index < -0.39 is 11.9 Å². The van der Waals surface area contributed by atoms with E-state index >= 15 is 0 Å². The molecule has 2 aromatic rings. The number of likely N-dealkylation sites (tertiary alicyclic amines) is 1. The van der Waals surface area contributed by atoms with Gasteiger partial charge in [-0.3, -0.25) is 0 Å². The van der Waals surface area contributed by atoms with Crippen LogP contribution < -0.4 is 14.2 Å². The predicted molar refractivity (Wildman–Crippen MR) is 119 cm³/mol. The first-order valence-corrected chi connectivity index (χ1v) is 11.1. The first-order valence-electron chi connectivity index (χ1n) is 11.1. The summed E-state index contributed by atoms with van der Waals surface area (Å²) in [5.41, 5.74) is 2.46. The van der Waals surface area contributed by atoms with Crippen LogP contribution in [0.15, 0.2) is 42.5 Å². The largest absolute Gasteiger partial charge is 0.493 e. The summed E-state index contributed by atoms with van der Waals surface area (Å²) in [6, 6.07) is 13.7. The van der Waals surface area contributed by atoms with Crippen molar-refractivity contribution in [1.82, 2.24) is 4.90 Å². The lowest BCUT2D eigenvalue weighted by molar-refractivity contribution is -0.158. The van der Waals surface area contributed by atoms with E-state index in [-0.39, 0.29) is 5.75 Å². The lowest BCUT2D eigenvalue weighted by Crippen LogP contribution is -2.34. The Morgan fingerprint density at radius 3 is 2.62 bits per heavy atom. The van der Waals surface area contributed by atoms with E-state index in [9.17, 15) is 9.59 Å². The molecule has 0 aliphatic carbocycles. The van der Waals surface area contributed by atoms with Crippen LogP contribution in [0.2, 0.25) is 0 Å². The minimum Gasteiger partial charge on any atom is -0.493 e. The topological polar surface area (TPSA) is 85.3 Å². The van der Waals surface area contributed by atoms with Gasteiger partial charge in [0.25, 0.3) is 0 Å². The molecule has 2 aliphatic rings. The van der Waals surface area contributed by atoms with Gasteiger partial charge in [-0.1, -0.05) is 24.3 Å². The van der Waals surface area contributed by atoms with Crippen LogP contribution in [-0.2, 0) is 9.59 Å². The number of para-hydroxylation sites is 1. The number of methoxy groups -OCH3 is 1. The van der Waals surface area contributed by atoms with E-state index in [2.05, 4.69) is 23.1 Å². The maximum Gasteiger partial charge on any atom is 0.422 e. The molecule has 0 amide bonds. The van der Waals surface area contributed by atoms with Crippen molar-refractivity contribution in [1.29, 1.82) is 0 Å². The number of hydrogen-bond donors (Lipinski definition) is 1. The minimum absolute atomic E-state index is 0.123. The third-order valence-electron chi connectivity index (χ3n) is 6.50. The molecule has 2 aliphatic heterocycles. The SMILES string of the molecule is COc1cc(C2CCN(CCC3CCOc4ccccc43)CC2)ccc1OC(=O)C(=O)O. The van der Waals surface area contributed by atoms with Crippen molar-refractivity contribution in [3.63, 3.8) is 0 Å². The average Bonchev–Trinajstić information content (AvgIpc) is 2.83. The van der Waals surface area contributed by atoms with Crippen molar-refractivity contribution in [3.8, 4) is 17.2 Å². The molecule has 170 valence electrons.